The summed E-state index contributed by atoms with van der Waals surface area (Å²) in [5.74, 6) is 0.466. The van der Waals surface area contributed by atoms with Gasteiger partial charge in [0.2, 0.25) is 0 Å². The van der Waals surface area contributed by atoms with Gasteiger partial charge < -0.3 is 15.0 Å². The van der Waals surface area contributed by atoms with Gasteiger partial charge in [0.25, 0.3) is 5.91 Å². The van der Waals surface area contributed by atoms with Gasteiger partial charge in [0.05, 0.1) is 18.5 Å². The molecule has 21 heavy (non-hydrogen) atoms. The number of thiazole rings is 1. The van der Waals surface area contributed by atoms with E-state index in [1.165, 1.54) is 16.2 Å². The Bertz CT molecular complexity index is 669. The maximum Gasteiger partial charge on any atom is 0.284 e. The normalized spacial score (nSPS) is 14.6. The van der Waals surface area contributed by atoms with E-state index in [1.807, 2.05) is 24.3 Å². The first-order valence-electron chi connectivity index (χ1n) is 6.79. The third-order valence-corrected chi connectivity index (χ3v) is 4.62. The van der Waals surface area contributed by atoms with Crippen molar-refractivity contribution >= 4 is 22.9 Å². The molecule has 2 heterocycles. The third-order valence-electron chi connectivity index (χ3n) is 3.47. The molecule has 1 aliphatic rings. The monoisotopic (exact) mass is 303 g/mol. The number of carbonyl (C=O) groups is 1. The molecule has 0 saturated carbocycles. The van der Waals surface area contributed by atoms with Gasteiger partial charge in [0.15, 0.2) is 5.01 Å². The highest BCUT2D eigenvalue weighted by atomic mass is 32.1. The highest BCUT2D eigenvalue weighted by Crippen LogP contribution is 2.27. The van der Waals surface area contributed by atoms with Crippen LogP contribution in [0.15, 0.2) is 24.3 Å². The fourth-order valence-corrected chi connectivity index (χ4v) is 3.30. The average molecular weight is 303 g/mol. The standard InChI is InChI=1S/C15H17N3O2S/c1-18-8-7-13-11(9-18)17-15(21-13)14(19)16-10-5-3-4-6-12(10)20-2/h3-6H,7-9H2,1-2H3,(H,16,19). The van der Waals surface area contributed by atoms with Gasteiger partial charge in [-0.05, 0) is 25.6 Å². The Morgan fingerprint density at radius 1 is 1.43 bits per heavy atom. The van der Waals surface area contributed by atoms with Crippen LogP contribution >= 0.6 is 11.3 Å². The molecular weight excluding hydrogens is 286 g/mol. The lowest BCUT2D eigenvalue weighted by atomic mass is 10.2. The van der Waals surface area contributed by atoms with Gasteiger partial charge in [-0.2, -0.15) is 0 Å². The van der Waals surface area contributed by atoms with Crippen LogP contribution in [0.25, 0.3) is 0 Å². The number of fused-ring (bicyclic) bond motifs is 1. The van der Waals surface area contributed by atoms with E-state index in [-0.39, 0.29) is 5.91 Å². The second kappa shape index (κ2) is 5.83. The summed E-state index contributed by atoms with van der Waals surface area (Å²) in [5.41, 5.74) is 1.69. The molecule has 0 saturated heterocycles. The van der Waals surface area contributed by atoms with Gasteiger partial charge in [-0.25, -0.2) is 4.98 Å². The Balaban J connectivity index is 1.80. The van der Waals surface area contributed by atoms with Gasteiger partial charge in [0.1, 0.15) is 5.75 Å². The van der Waals surface area contributed by atoms with Crippen molar-refractivity contribution in [1.29, 1.82) is 0 Å². The van der Waals surface area contributed by atoms with Gasteiger partial charge in [-0.15, -0.1) is 11.3 Å². The molecule has 3 rings (SSSR count). The molecule has 1 N–H and O–H groups in total. The zero-order valence-corrected chi connectivity index (χ0v) is 12.9. The molecule has 0 spiro atoms. The summed E-state index contributed by atoms with van der Waals surface area (Å²) >= 11 is 1.49. The van der Waals surface area contributed by atoms with Crippen molar-refractivity contribution < 1.29 is 9.53 Å². The molecule has 0 atom stereocenters. The van der Waals surface area contributed by atoms with Crippen LogP contribution in [-0.4, -0.2) is 36.5 Å². The van der Waals surface area contributed by atoms with Crippen molar-refractivity contribution in [3.8, 4) is 5.75 Å². The molecule has 1 aliphatic heterocycles. The number of amides is 1. The summed E-state index contributed by atoms with van der Waals surface area (Å²) in [5, 5.41) is 3.38. The van der Waals surface area contributed by atoms with Crippen molar-refractivity contribution in [2.24, 2.45) is 0 Å². The van der Waals surface area contributed by atoms with Crippen molar-refractivity contribution in [1.82, 2.24) is 9.88 Å². The number of nitrogens with zero attached hydrogens (tertiary/aromatic N) is 2. The van der Waals surface area contributed by atoms with Crippen molar-refractivity contribution in [3.05, 3.63) is 39.8 Å². The Labute approximate surface area is 127 Å². The smallest absolute Gasteiger partial charge is 0.284 e. The molecule has 0 radical (unpaired) electrons. The van der Waals surface area contributed by atoms with E-state index in [0.717, 1.165) is 25.2 Å². The van der Waals surface area contributed by atoms with Gasteiger partial charge >= 0.3 is 0 Å². The molecule has 0 aliphatic carbocycles. The molecule has 5 nitrogen and oxygen atoms in total. The Morgan fingerprint density at radius 3 is 3.05 bits per heavy atom. The molecule has 0 fully saturated rings. The number of carbonyl (C=O) groups excluding carboxylic acids is 1. The topological polar surface area (TPSA) is 54.5 Å². The van der Waals surface area contributed by atoms with Gasteiger partial charge in [-0.1, -0.05) is 12.1 Å². The first kappa shape index (κ1) is 14.0. The summed E-state index contributed by atoms with van der Waals surface area (Å²) in [7, 11) is 3.65. The maximum atomic E-state index is 12.3. The number of methoxy groups -OCH3 is 1. The molecule has 0 unspecified atom stereocenters. The number of rotatable bonds is 3. The minimum absolute atomic E-state index is 0.179. The van der Waals surface area contributed by atoms with E-state index < -0.39 is 0 Å². The Kier molecular flexibility index (Phi) is 3.90. The van der Waals surface area contributed by atoms with Crippen LogP contribution in [0.1, 0.15) is 20.4 Å². The van der Waals surface area contributed by atoms with Crippen LogP contribution in [0.4, 0.5) is 5.69 Å². The van der Waals surface area contributed by atoms with Crippen LogP contribution < -0.4 is 10.1 Å². The van der Waals surface area contributed by atoms with E-state index in [4.69, 9.17) is 4.74 Å². The SMILES string of the molecule is COc1ccccc1NC(=O)c1nc2c(s1)CCN(C)C2. The lowest BCUT2D eigenvalue weighted by Crippen LogP contribution is -2.25. The molecule has 1 amide bonds. The van der Waals surface area contributed by atoms with Crippen molar-refractivity contribution in [2.45, 2.75) is 13.0 Å². The van der Waals surface area contributed by atoms with E-state index >= 15 is 0 Å². The zero-order valence-electron chi connectivity index (χ0n) is 12.0. The van der Waals surface area contributed by atoms with Crippen LogP contribution in [-0.2, 0) is 13.0 Å². The number of aromatic nitrogens is 1. The number of nitrogens with one attached hydrogen (secondary N) is 1. The second-order valence-electron chi connectivity index (χ2n) is 5.03. The average Bonchev–Trinajstić information content (AvgIpc) is 2.91. The van der Waals surface area contributed by atoms with Crippen LogP contribution in [0, 0.1) is 0 Å². The number of para-hydroxylation sites is 2. The fourth-order valence-electron chi connectivity index (χ4n) is 2.35. The molecular formula is C15H17N3O2S. The predicted octanol–water partition coefficient (Wildman–Crippen LogP) is 2.39. The number of benzene rings is 1. The predicted molar refractivity (Wildman–Crippen MR) is 83.1 cm³/mol. The minimum Gasteiger partial charge on any atom is -0.495 e. The fraction of sp³-hybridized carbons (Fsp3) is 0.333. The summed E-state index contributed by atoms with van der Waals surface area (Å²) in [6.45, 7) is 1.83. The summed E-state index contributed by atoms with van der Waals surface area (Å²) in [4.78, 5) is 20.3. The van der Waals surface area contributed by atoms with E-state index in [0.29, 0.717) is 16.4 Å². The highest BCUT2D eigenvalue weighted by molar-refractivity contribution is 7.13. The van der Waals surface area contributed by atoms with Crippen LogP contribution in [0.5, 0.6) is 5.75 Å². The number of likely N-dealkylation sites (N-methyl/N-ethyl adjacent to an activating group) is 1. The first-order chi connectivity index (χ1) is 10.2. The summed E-state index contributed by atoms with van der Waals surface area (Å²) in [6.07, 6.45) is 0.964. The molecule has 6 heteroatoms. The lowest BCUT2D eigenvalue weighted by molar-refractivity contribution is 0.102. The molecule has 1 aromatic heterocycles. The highest BCUT2D eigenvalue weighted by Gasteiger charge is 2.21. The van der Waals surface area contributed by atoms with E-state index in [9.17, 15) is 4.79 Å². The number of hydrogen-bond donors (Lipinski definition) is 1. The number of ether oxygens (including phenoxy) is 1. The third kappa shape index (κ3) is 2.91. The molecule has 0 bridgehead atoms. The second-order valence-corrected chi connectivity index (χ2v) is 6.11. The van der Waals surface area contributed by atoms with Crippen molar-refractivity contribution in [3.63, 3.8) is 0 Å². The summed E-state index contributed by atoms with van der Waals surface area (Å²) in [6, 6.07) is 7.36. The zero-order chi connectivity index (χ0) is 14.8. The molecule has 2 aromatic rings. The molecule has 110 valence electrons. The maximum absolute atomic E-state index is 12.3. The first-order valence-corrected chi connectivity index (χ1v) is 7.60. The van der Waals surface area contributed by atoms with Crippen molar-refractivity contribution in [2.75, 3.05) is 26.0 Å². The lowest BCUT2D eigenvalue weighted by Gasteiger charge is -2.20. The van der Waals surface area contributed by atoms with Crippen LogP contribution in [0.3, 0.4) is 0 Å². The van der Waals surface area contributed by atoms with Crippen LogP contribution in [0.2, 0.25) is 0 Å². The molecule has 1 aromatic carbocycles. The van der Waals surface area contributed by atoms with E-state index in [1.54, 1.807) is 7.11 Å². The van der Waals surface area contributed by atoms with Gasteiger partial charge in [0, 0.05) is 18.0 Å². The largest absolute Gasteiger partial charge is 0.495 e. The Hall–Kier alpha value is -1.92. The quantitative estimate of drug-likeness (QED) is 0.946. The van der Waals surface area contributed by atoms with E-state index in [2.05, 4.69) is 22.2 Å². The summed E-state index contributed by atoms with van der Waals surface area (Å²) < 4.78 is 5.24. The Morgan fingerprint density at radius 2 is 2.24 bits per heavy atom. The van der Waals surface area contributed by atoms with Gasteiger partial charge in [-0.3, -0.25) is 4.79 Å². The number of anilines is 1. The number of hydrogen-bond acceptors (Lipinski definition) is 5. The minimum atomic E-state index is -0.179.